The quantitative estimate of drug-likeness (QED) is 0.814. The molecule has 0 amide bonds. The Morgan fingerprint density at radius 1 is 1.42 bits per heavy atom. The Morgan fingerprint density at radius 2 is 2.16 bits per heavy atom. The van der Waals surface area contributed by atoms with Gasteiger partial charge in [-0.05, 0) is 43.5 Å². The summed E-state index contributed by atoms with van der Waals surface area (Å²) in [6, 6.07) is 5.07. The third-order valence-electron chi connectivity index (χ3n) is 3.26. The van der Waals surface area contributed by atoms with Gasteiger partial charge in [-0.25, -0.2) is 13.1 Å². The maximum atomic E-state index is 12.1. The van der Waals surface area contributed by atoms with Gasteiger partial charge in [-0.3, -0.25) is 0 Å². The lowest BCUT2D eigenvalue weighted by Crippen LogP contribution is -2.39. The van der Waals surface area contributed by atoms with Crippen LogP contribution in [0.3, 0.4) is 0 Å². The van der Waals surface area contributed by atoms with Crippen LogP contribution in [0, 0.1) is 18.8 Å². The second-order valence-corrected chi connectivity index (χ2v) is 6.45. The number of rotatable bonds is 3. The Labute approximate surface area is 114 Å². The van der Waals surface area contributed by atoms with Gasteiger partial charge in [0.15, 0.2) is 0 Å². The smallest absolute Gasteiger partial charge is 0.240 e. The molecule has 0 spiro atoms. The summed E-state index contributed by atoms with van der Waals surface area (Å²) in [6.45, 7) is 2.14. The van der Waals surface area contributed by atoms with Crippen molar-refractivity contribution in [1.82, 2.24) is 4.72 Å². The third-order valence-corrected chi connectivity index (χ3v) is 4.78. The average Bonchev–Trinajstić information content (AvgIpc) is 2.32. The van der Waals surface area contributed by atoms with Crippen LogP contribution in [0.5, 0.6) is 0 Å². The minimum Gasteiger partial charge on any atom is -0.320 e. The van der Waals surface area contributed by atoms with Gasteiger partial charge in [-0.2, -0.15) is 0 Å². The monoisotopic (exact) mass is 278 g/mol. The molecular weight excluding hydrogens is 260 g/mol. The van der Waals surface area contributed by atoms with Crippen molar-refractivity contribution in [2.45, 2.75) is 37.1 Å². The zero-order valence-corrected chi connectivity index (χ0v) is 11.8. The highest BCUT2D eigenvalue weighted by atomic mass is 32.2. The zero-order chi connectivity index (χ0) is 13.9. The van der Waals surface area contributed by atoms with Gasteiger partial charge in [0.05, 0.1) is 11.4 Å². The maximum Gasteiger partial charge on any atom is 0.240 e. The molecule has 19 heavy (non-hydrogen) atoms. The molecule has 5 heteroatoms. The molecule has 3 N–H and O–H groups in total. The zero-order valence-electron chi connectivity index (χ0n) is 10.9. The summed E-state index contributed by atoms with van der Waals surface area (Å²) in [4.78, 5) is 0.301. The normalized spacial score (nSPS) is 15.5. The van der Waals surface area contributed by atoms with Gasteiger partial charge in [-0.1, -0.05) is 18.3 Å². The van der Waals surface area contributed by atoms with E-state index >= 15 is 0 Å². The molecule has 0 atom stereocenters. The van der Waals surface area contributed by atoms with Crippen molar-refractivity contribution in [1.29, 1.82) is 0 Å². The Kier molecular flexibility index (Phi) is 4.25. The number of hydrogen-bond acceptors (Lipinski definition) is 3. The fourth-order valence-corrected chi connectivity index (χ4v) is 3.29. The van der Waals surface area contributed by atoms with Crippen LogP contribution in [0.15, 0.2) is 23.1 Å². The van der Waals surface area contributed by atoms with E-state index in [2.05, 4.69) is 16.6 Å². The predicted molar refractivity (Wildman–Crippen MR) is 75.1 cm³/mol. The summed E-state index contributed by atoms with van der Waals surface area (Å²) in [5.41, 5.74) is 6.98. The Bertz CT molecular complexity index is 623. The molecule has 102 valence electrons. The summed E-state index contributed by atoms with van der Waals surface area (Å²) in [6.07, 6.45) is 2.95. The molecule has 1 aliphatic carbocycles. The number of nitrogens with two attached hydrogens (primary N) is 1. The van der Waals surface area contributed by atoms with Crippen LogP contribution in [0.1, 0.15) is 30.4 Å². The van der Waals surface area contributed by atoms with Crippen LogP contribution in [-0.4, -0.2) is 21.0 Å². The van der Waals surface area contributed by atoms with Gasteiger partial charge in [0, 0.05) is 11.6 Å². The minimum atomic E-state index is -3.40. The summed E-state index contributed by atoms with van der Waals surface area (Å²) in [7, 11) is -3.40. The SMILES string of the molecule is Cc1cc(S(=O)(=O)NC2CCC2)ccc1C#CCN. The number of sulfonamides is 1. The lowest BCUT2D eigenvalue weighted by atomic mass is 9.94. The summed E-state index contributed by atoms with van der Waals surface area (Å²) >= 11 is 0. The van der Waals surface area contributed by atoms with Gasteiger partial charge in [0.1, 0.15) is 0 Å². The molecule has 1 aromatic carbocycles. The molecule has 1 aliphatic rings. The van der Waals surface area contributed by atoms with Crippen molar-refractivity contribution in [3.8, 4) is 11.8 Å². The first kappa shape index (κ1) is 14.1. The van der Waals surface area contributed by atoms with Crippen LogP contribution >= 0.6 is 0 Å². The number of benzene rings is 1. The van der Waals surface area contributed by atoms with Gasteiger partial charge in [0.2, 0.25) is 10.0 Å². The molecule has 0 unspecified atom stereocenters. The molecular formula is C14H18N2O2S. The summed E-state index contributed by atoms with van der Waals surface area (Å²) in [5, 5.41) is 0. The number of nitrogens with one attached hydrogen (secondary N) is 1. The Hall–Kier alpha value is -1.35. The molecule has 1 fully saturated rings. The molecule has 1 saturated carbocycles. The molecule has 0 radical (unpaired) electrons. The van der Waals surface area contributed by atoms with Crippen molar-refractivity contribution in [3.05, 3.63) is 29.3 Å². The van der Waals surface area contributed by atoms with Crippen molar-refractivity contribution in [3.63, 3.8) is 0 Å². The first-order chi connectivity index (χ1) is 9.03. The van der Waals surface area contributed by atoms with Crippen molar-refractivity contribution in [2.24, 2.45) is 5.73 Å². The van der Waals surface area contributed by atoms with Crippen LogP contribution in [0.4, 0.5) is 0 Å². The molecule has 2 rings (SSSR count). The highest BCUT2D eigenvalue weighted by Gasteiger charge is 2.24. The number of aryl methyl sites for hydroxylation is 1. The van der Waals surface area contributed by atoms with Crippen molar-refractivity contribution in [2.75, 3.05) is 6.54 Å². The van der Waals surface area contributed by atoms with Gasteiger partial charge in [-0.15, -0.1) is 0 Å². The highest BCUT2D eigenvalue weighted by Crippen LogP contribution is 2.22. The van der Waals surface area contributed by atoms with E-state index in [9.17, 15) is 8.42 Å². The highest BCUT2D eigenvalue weighted by molar-refractivity contribution is 7.89. The summed E-state index contributed by atoms with van der Waals surface area (Å²) < 4.78 is 27.0. The van der Waals surface area contributed by atoms with Crippen LogP contribution in [-0.2, 0) is 10.0 Å². The van der Waals surface area contributed by atoms with E-state index < -0.39 is 10.0 Å². The lowest BCUT2D eigenvalue weighted by molar-refractivity contribution is 0.383. The van der Waals surface area contributed by atoms with Gasteiger partial charge < -0.3 is 5.73 Å². The van der Waals surface area contributed by atoms with E-state index in [1.807, 2.05) is 6.92 Å². The predicted octanol–water partition coefficient (Wildman–Crippen LogP) is 1.14. The topological polar surface area (TPSA) is 72.2 Å². The van der Waals surface area contributed by atoms with E-state index in [1.165, 1.54) is 0 Å². The van der Waals surface area contributed by atoms with E-state index in [-0.39, 0.29) is 6.04 Å². The fourth-order valence-electron chi connectivity index (χ4n) is 1.90. The Balaban J connectivity index is 2.23. The van der Waals surface area contributed by atoms with Crippen molar-refractivity contribution < 1.29 is 8.42 Å². The molecule has 0 aromatic heterocycles. The van der Waals surface area contributed by atoms with E-state index in [0.717, 1.165) is 30.4 Å². The minimum absolute atomic E-state index is 0.0991. The second-order valence-electron chi connectivity index (χ2n) is 4.73. The van der Waals surface area contributed by atoms with Crippen LogP contribution in [0.2, 0.25) is 0 Å². The third kappa shape index (κ3) is 3.35. The van der Waals surface area contributed by atoms with Crippen LogP contribution in [0.25, 0.3) is 0 Å². The molecule has 0 aliphatic heterocycles. The van der Waals surface area contributed by atoms with E-state index in [4.69, 9.17) is 5.73 Å². The van der Waals surface area contributed by atoms with Crippen molar-refractivity contribution >= 4 is 10.0 Å². The van der Waals surface area contributed by atoms with E-state index in [0.29, 0.717) is 11.4 Å². The molecule has 4 nitrogen and oxygen atoms in total. The average molecular weight is 278 g/mol. The van der Waals surface area contributed by atoms with Gasteiger partial charge >= 0.3 is 0 Å². The largest absolute Gasteiger partial charge is 0.320 e. The summed E-state index contributed by atoms with van der Waals surface area (Å²) in [5.74, 6) is 5.69. The fraction of sp³-hybridized carbons (Fsp3) is 0.429. The van der Waals surface area contributed by atoms with Crippen LogP contribution < -0.4 is 10.5 Å². The molecule has 0 saturated heterocycles. The Morgan fingerprint density at radius 3 is 2.68 bits per heavy atom. The number of hydrogen-bond donors (Lipinski definition) is 2. The lowest BCUT2D eigenvalue weighted by Gasteiger charge is -2.26. The molecule has 0 heterocycles. The second kappa shape index (κ2) is 5.74. The standard InChI is InChI=1S/C14H18N2O2S/c1-11-10-14(8-7-12(11)4-3-9-15)19(17,18)16-13-5-2-6-13/h7-8,10,13,16H,2,5-6,9,15H2,1H3. The first-order valence-electron chi connectivity index (χ1n) is 6.35. The molecule has 1 aromatic rings. The maximum absolute atomic E-state index is 12.1. The van der Waals surface area contributed by atoms with E-state index in [1.54, 1.807) is 18.2 Å². The first-order valence-corrected chi connectivity index (χ1v) is 7.83. The van der Waals surface area contributed by atoms with Gasteiger partial charge in [0.25, 0.3) is 0 Å². The molecule has 0 bridgehead atoms.